The minimum Gasteiger partial charge on any atom is -0.456 e. The maximum atomic E-state index is 6.62. The van der Waals surface area contributed by atoms with Gasteiger partial charge >= 0.3 is 0 Å². The number of para-hydroxylation sites is 12. The molecule has 0 saturated carbocycles. The Hall–Kier alpha value is -15.8. The average Bonchev–Trinajstić information content (AvgIpc) is 1.53. The smallest absolute Gasteiger partial charge is 0.145 e. The number of hydrogen-bond donors (Lipinski definition) is 0. The fraction of sp³-hybridized carbons (Fsp3) is 0. The molecule has 30 rings (SSSR count). The van der Waals surface area contributed by atoms with Crippen molar-refractivity contribution in [3.63, 3.8) is 0 Å². The van der Waals surface area contributed by atoms with Crippen molar-refractivity contribution >= 4 is 246 Å². The third-order valence-corrected chi connectivity index (χ3v) is 25.8. The second-order valence-corrected chi connectivity index (χ2v) is 31.6. The summed E-state index contributed by atoms with van der Waals surface area (Å²) in [7, 11) is 0. The molecule has 0 N–H and O–H groups in total. The highest BCUT2D eigenvalue weighted by molar-refractivity contribution is 6.39. The molecule has 117 heavy (non-hydrogen) atoms. The number of benzene rings is 18. The highest BCUT2D eigenvalue weighted by Crippen LogP contribution is 2.53. The Kier molecular flexibility index (Phi) is 11.9. The van der Waals surface area contributed by atoms with Gasteiger partial charge < -0.3 is 40.2 Å². The molecule has 0 spiro atoms. The molecule has 0 radical (unpaired) electrons. The van der Waals surface area contributed by atoms with Crippen LogP contribution in [0.25, 0.3) is 263 Å². The van der Waals surface area contributed by atoms with E-state index in [0.717, 1.165) is 38.9 Å². The molecule has 12 heterocycles. The van der Waals surface area contributed by atoms with E-state index in [0.29, 0.717) is 0 Å². The molecule has 9 heteroatoms. The first-order chi connectivity index (χ1) is 58.1. The lowest BCUT2D eigenvalue weighted by atomic mass is 10.0. The van der Waals surface area contributed by atoms with E-state index in [1.54, 1.807) is 0 Å². The second kappa shape index (κ2) is 22.5. The van der Waals surface area contributed by atoms with Gasteiger partial charge in [-0.3, -0.25) is 0 Å². The zero-order valence-electron chi connectivity index (χ0n) is 62.5. The summed E-state index contributed by atoms with van der Waals surface area (Å²) >= 11 is 0. The van der Waals surface area contributed by atoms with E-state index in [4.69, 9.17) is 13.3 Å². The Bertz CT molecular complexity index is 9520. The minimum atomic E-state index is 0.933. The van der Waals surface area contributed by atoms with Crippen LogP contribution >= 0.6 is 0 Å². The van der Waals surface area contributed by atoms with Gasteiger partial charge in [0, 0.05) is 141 Å². The normalized spacial score (nSPS) is 12.6. The molecule has 0 atom stereocenters. The predicted octanol–water partition coefficient (Wildman–Crippen LogP) is 29.5. The third kappa shape index (κ3) is 8.01. The van der Waals surface area contributed by atoms with Gasteiger partial charge in [0.2, 0.25) is 0 Å². The molecule has 540 valence electrons. The van der Waals surface area contributed by atoms with Crippen LogP contribution < -0.4 is 0 Å². The highest BCUT2D eigenvalue weighted by atomic mass is 16.3. The summed E-state index contributed by atoms with van der Waals surface area (Å²) in [4.78, 5) is 0. The molecule has 0 saturated heterocycles. The summed E-state index contributed by atoms with van der Waals surface area (Å²) in [6.45, 7) is 0. The third-order valence-electron chi connectivity index (χ3n) is 25.8. The number of aromatic nitrogens is 6. The first-order valence-corrected chi connectivity index (χ1v) is 40.1. The first kappa shape index (κ1) is 61.8. The van der Waals surface area contributed by atoms with Crippen LogP contribution in [0, 0.1) is 0 Å². The van der Waals surface area contributed by atoms with E-state index >= 15 is 0 Å². The van der Waals surface area contributed by atoms with Gasteiger partial charge in [-0.25, -0.2) is 0 Å². The lowest BCUT2D eigenvalue weighted by Crippen LogP contribution is -1.93. The van der Waals surface area contributed by atoms with Gasteiger partial charge in [0.25, 0.3) is 0 Å². The standard InChI is InChI=1S/3C36H20N2O/c1-2-10-21(11-3-1)37-29-15-7-4-12-22(29)25-18-28-32(20-31(25)37)38-30-16-8-5-13-23(30)26-19-27-24-14-6-9-17-33(24)39-36(27)34(28)35(26)38;1-2-10-21(11-3-1)37-28-15-7-4-12-22(28)25-18-27-31(20-30(25)37)38-29-16-8-5-13-23(29)26-19-33-34(35(27)36(26)38)24-14-6-9-17-32(24)39-33;1-2-10-21(11-3-1)37-28-15-7-4-12-22(28)25-18-26-27-19-33-34(24-14-6-9-17-32(24)39-33)35-23-13-5-8-16-29(23)38(36(27)35)31(26)20-30(25)37/h3*1-20H. The van der Waals surface area contributed by atoms with Crippen molar-refractivity contribution in [2.75, 3.05) is 0 Å². The second-order valence-electron chi connectivity index (χ2n) is 31.6. The van der Waals surface area contributed by atoms with Crippen molar-refractivity contribution in [2.24, 2.45) is 0 Å². The topological polar surface area (TPSA) is 67.4 Å². The Morgan fingerprint density at radius 3 is 0.872 bits per heavy atom. The van der Waals surface area contributed by atoms with Crippen molar-refractivity contribution in [3.8, 4) is 17.1 Å². The van der Waals surface area contributed by atoms with Crippen molar-refractivity contribution in [1.82, 2.24) is 26.9 Å². The number of hydrogen-bond acceptors (Lipinski definition) is 3. The molecule has 0 bridgehead atoms. The molecular formula is C108H60N6O3. The van der Waals surface area contributed by atoms with Crippen LogP contribution in [0.1, 0.15) is 0 Å². The number of nitrogens with zero attached hydrogens (tertiary/aromatic N) is 6. The SMILES string of the molecule is c1ccc(-n2c3ccccc3c3cc4c5c6c(cc7c8ccccc8n(c4cc32)c75)oc2ccccc26)cc1.c1ccc(-n2c3ccccc3c3cc4c5c6oc7ccccc7c6cc6c7ccccc7n(c4cc32)c65)cc1.c1ccc(-n2c3ccccc3c3cc4c5cc6oc7ccccc7c6c6c7ccccc7n(c4cc32)c56)cc1. The van der Waals surface area contributed by atoms with Crippen molar-refractivity contribution in [3.05, 3.63) is 364 Å². The van der Waals surface area contributed by atoms with Gasteiger partial charge in [-0.2, -0.15) is 0 Å². The van der Waals surface area contributed by atoms with Crippen LogP contribution in [0.15, 0.2) is 377 Å². The van der Waals surface area contributed by atoms with Gasteiger partial charge in [-0.1, -0.05) is 218 Å². The van der Waals surface area contributed by atoms with Gasteiger partial charge in [0.1, 0.15) is 33.5 Å². The quantitative estimate of drug-likeness (QED) is 0.177. The molecule has 0 aliphatic carbocycles. The molecule has 0 amide bonds. The molecule has 30 aromatic rings. The maximum Gasteiger partial charge on any atom is 0.145 e. The van der Waals surface area contributed by atoms with E-state index in [1.165, 1.54) is 224 Å². The van der Waals surface area contributed by atoms with Gasteiger partial charge in [-0.05, 0) is 146 Å². The van der Waals surface area contributed by atoms with Gasteiger partial charge in [-0.15, -0.1) is 0 Å². The Balaban J connectivity index is 0.0000000917. The van der Waals surface area contributed by atoms with E-state index < -0.39 is 0 Å². The van der Waals surface area contributed by atoms with E-state index in [1.807, 2.05) is 6.07 Å². The molecular weight excluding hydrogens is 1430 g/mol. The summed E-state index contributed by atoms with van der Waals surface area (Å²) in [6, 6.07) is 131. The lowest BCUT2D eigenvalue weighted by molar-refractivity contribution is 0.669. The molecule has 0 aliphatic heterocycles. The Morgan fingerprint density at radius 2 is 0.427 bits per heavy atom. The summed E-state index contributed by atoms with van der Waals surface area (Å²) in [5, 5.41) is 29.7. The summed E-state index contributed by atoms with van der Waals surface area (Å²) in [5.41, 5.74) is 27.6. The summed E-state index contributed by atoms with van der Waals surface area (Å²) < 4.78 is 34.2. The van der Waals surface area contributed by atoms with Crippen molar-refractivity contribution < 1.29 is 13.3 Å². The Morgan fingerprint density at radius 1 is 0.145 bits per heavy atom. The molecule has 0 fully saturated rings. The number of rotatable bonds is 3. The van der Waals surface area contributed by atoms with Crippen LogP contribution in [0.3, 0.4) is 0 Å². The summed E-state index contributed by atoms with van der Waals surface area (Å²) in [5.74, 6) is 0. The molecule has 9 nitrogen and oxygen atoms in total. The van der Waals surface area contributed by atoms with E-state index in [2.05, 4.69) is 385 Å². The molecule has 0 unspecified atom stereocenters. The maximum absolute atomic E-state index is 6.62. The predicted molar refractivity (Wildman–Crippen MR) is 488 cm³/mol. The molecule has 0 aliphatic rings. The largest absolute Gasteiger partial charge is 0.456 e. The summed E-state index contributed by atoms with van der Waals surface area (Å²) in [6.07, 6.45) is 0. The van der Waals surface area contributed by atoms with E-state index in [-0.39, 0.29) is 0 Å². The van der Waals surface area contributed by atoms with Crippen LogP contribution in [-0.4, -0.2) is 26.9 Å². The molecule has 12 aromatic heterocycles. The van der Waals surface area contributed by atoms with Gasteiger partial charge in [0.05, 0.1) is 88.1 Å². The zero-order chi connectivity index (χ0) is 75.7. The highest BCUT2D eigenvalue weighted by Gasteiger charge is 2.30. The monoisotopic (exact) mass is 1490 g/mol. The van der Waals surface area contributed by atoms with Gasteiger partial charge in [0.15, 0.2) is 0 Å². The fourth-order valence-electron chi connectivity index (χ4n) is 21.2. The van der Waals surface area contributed by atoms with E-state index in [9.17, 15) is 0 Å². The van der Waals surface area contributed by atoms with Crippen LogP contribution in [-0.2, 0) is 0 Å². The fourth-order valence-corrected chi connectivity index (χ4v) is 21.2. The Labute approximate surface area is 662 Å². The molecule has 18 aromatic carbocycles. The average molecular weight is 1490 g/mol. The first-order valence-electron chi connectivity index (χ1n) is 40.1. The van der Waals surface area contributed by atoms with Crippen LogP contribution in [0.2, 0.25) is 0 Å². The number of fused-ring (bicyclic) bond motifs is 39. The van der Waals surface area contributed by atoms with Crippen LogP contribution in [0.5, 0.6) is 0 Å². The minimum absolute atomic E-state index is 0.933. The zero-order valence-corrected chi connectivity index (χ0v) is 62.5. The van der Waals surface area contributed by atoms with Crippen LogP contribution in [0.4, 0.5) is 0 Å². The van der Waals surface area contributed by atoms with Crippen molar-refractivity contribution in [1.29, 1.82) is 0 Å². The van der Waals surface area contributed by atoms with Crippen molar-refractivity contribution in [2.45, 2.75) is 0 Å². The number of furan rings is 3. The lowest BCUT2D eigenvalue weighted by Gasteiger charge is -2.07.